The van der Waals surface area contributed by atoms with Crippen molar-refractivity contribution in [3.8, 4) is 0 Å². The maximum Gasteiger partial charge on any atom is 0.346 e. The van der Waals surface area contributed by atoms with E-state index in [2.05, 4.69) is 10.00 Å². The van der Waals surface area contributed by atoms with Gasteiger partial charge < -0.3 is 9.80 Å². The van der Waals surface area contributed by atoms with E-state index in [4.69, 9.17) is 11.6 Å². The molecule has 1 fully saturated rings. The molecule has 27 heavy (non-hydrogen) atoms. The Labute approximate surface area is 163 Å². The molecule has 1 aromatic carbocycles. The molecule has 144 valence electrons. The maximum absolute atomic E-state index is 12.7. The second-order valence-corrected chi connectivity index (χ2v) is 7.55. The first kappa shape index (κ1) is 18.1. The van der Waals surface area contributed by atoms with Crippen molar-refractivity contribution in [3.63, 3.8) is 0 Å². The number of piperazine rings is 1. The normalized spacial score (nSPS) is 17.5. The third-order valence-corrected chi connectivity index (χ3v) is 5.71. The number of benzene rings is 1. The lowest BCUT2D eigenvalue weighted by molar-refractivity contribution is -0.132. The van der Waals surface area contributed by atoms with Crippen LogP contribution in [0.5, 0.6) is 0 Å². The van der Waals surface area contributed by atoms with Crippen LogP contribution in [-0.4, -0.2) is 51.3 Å². The molecule has 4 rings (SSSR count). The quantitative estimate of drug-likeness (QED) is 0.802. The number of carbonyl (C=O) groups is 1. The Balaban J connectivity index is 1.39. The molecule has 7 nitrogen and oxygen atoms in total. The van der Waals surface area contributed by atoms with Gasteiger partial charge in [0.05, 0.1) is 10.7 Å². The summed E-state index contributed by atoms with van der Waals surface area (Å²) in [6.45, 7) is 3.41. The number of para-hydroxylation sites is 1. The van der Waals surface area contributed by atoms with Gasteiger partial charge in [0.2, 0.25) is 5.91 Å². The second-order valence-electron chi connectivity index (χ2n) is 7.14. The van der Waals surface area contributed by atoms with Crippen LogP contribution >= 0.6 is 11.6 Å². The predicted octanol–water partition coefficient (Wildman–Crippen LogP) is 1.77. The Morgan fingerprint density at radius 2 is 1.81 bits per heavy atom. The van der Waals surface area contributed by atoms with Crippen LogP contribution in [0.25, 0.3) is 0 Å². The molecule has 3 heterocycles. The second kappa shape index (κ2) is 7.76. The molecule has 0 bridgehead atoms. The van der Waals surface area contributed by atoms with E-state index < -0.39 is 0 Å². The molecule has 0 unspecified atom stereocenters. The first-order valence-corrected chi connectivity index (χ1v) is 9.95. The molecule has 2 aromatic rings. The van der Waals surface area contributed by atoms with Gasteiger partial charge in [0.15, 0.2) is 0 Å². The molecule has 0 spiro atoms. The van der Waals surface area contributed by atoms with Crippen LogP contribution in [0.15, 0.2) is 29.1 Å². The Morgan fingerprint density at radius 1 is 1.04 bits per heavy atom. The molecule has 0 radical (unpaired) electrons. The van der Waals surface area contributed by atoms with E-state index in [9.17, 15) is 9.59 Å². The highest BCUT2D eigenvalue weighted by Gasteiger charge is 2.24. The van der Waals surface area contributed by atoms with Crippen molar-refractivity contribution in [2.45, 2.75) is 38.8 Å². The Morgan fingerprint density at radius 3 is 2.59 bits per heavy atom. The molecule has 1 saturated heterocycles. The summed E-state index contributed by atoms with van der Waals surface area (Å²) in [6, 6.07) is 7.75. The summed E-state index contributed by atoms with van der Waals surface area (Å²) in [7, 11) is 0. The first-order chi connectivity index (χ1) is 13.1. The van der Waals surface area contributed by atoms with Gasteiger partial charge >= 0.3 is 5.69 Å². The maximum atomic E-state index is 12.7. The number of hydrogen-bond donors (Lipinski definition) is 0. The number of halogens is 1. The summed E-state index contributed by atoms with van der Waals surface area (Å²) in [5, 5.41) is 5.14. The third-order valence-electron chi connectivity index (χ3n) is 5.39. The summed E-state index contributed by atoms with van der Waals surface area (Å²) in [5.41, 5.74) is 0.843. The van der Waals surface area contributed by atoms with Gasteiger partial charge in [-0.3, -0.25) is 9.36 Å². The third kappa shape index (κ3) is 3.74. The number of amides is 1. The topological polar surface area (TPSA) is 63.4 Å². The van der Waals surface area contributed by atoms with Crippen LogP contribution in [0, 0.1) is 0 Å². The van der Waals surface area contributed by atoms with E-state index in [1.165, 1.54) is 4.68 Å². The number of anilines is 1. The molecule has 2 aliphatic heterocycles. The number of aryl methyl sites for hydroxylation is 1. The lowest BCUT2D eigenvalue weighted by atomic mass is 10.2. The largest absolute Gasteiger partial charge is 0.367 e. The smallest absolute Gasteiger partial charge is 0.346 e. The van der Waals surface area contributed by atoms with Crippen molar-refractivity contribution in [1.29, 1.82) is 0 Å². The van der Waals surface area contributed by atoms with E-state index in [1.807, 2.05) is 29.2 Å². The minimum absolute atomic E-state index is 0.0188. The summed E-state index contributed by atoms with van der Waals surface area (Å²) < 4.78 is 3.07. The molecule has 1 aromatic heterocycles. The highest BCUT2D eigenvalue weighted by Crippen LogP contribution is 2.26. The average molecular weight is 390 g/mol. The predicted molar refractivity (Wildman–Crippen MR) is 104 cm³/mol. The van der Waals surface area contributed by atoms with E-state index in [-0.39, 0.29) is 18.1 Å². The minimum Gasteiger partial charge on any atom is -0.367 e. The van der Waals surface area contributed by atoms with Crippen molar-refractivity contribution in [1.82, 2.24) is 19.2 Å². The number of fused-ring (bicyclic) bond motifs is 1. The molecule has 0 N–H and O–H groups in total. The van der Waals surface area contributed by atoms with Gasteiger partial charge in [0.25, 0.3) is 0 Å². The van der Waals surface area contributed by atoms with Crippen molar-refractivity contribution >= 4 is 23.2 Å². The Kier molecular flexibility index (Phi) is 5.20. The van der Waals surface area contributed by atoms with E-state index in [0.29, 0.717) is 19.6 Å². The van der Waals surface area contributed by atoms with Crippen LogP contribution in [0.4, 0.5) is 5.69 Å². The first-order valence-electron chi connectivity index (χ1n) is 9.57. The van der Waals surface area contributed by atoms with Crippen molar-refractivity contribution < 1.29 is 4.79 Å². The van der Waals surface area contributed by atoms with Crippen molar-refractivity contribution in [3.05, 3.63) is 45.6 Å². The number of rotatable bonds is 3. The molecule has 0 atom stereocenters. The van der Waals surface area contributed by atoms with E-state index in [0.717, 1.165) is 55.3 Å². The molecular weight excluding hydrogens is 366 g/mol. The zero-order chi connectivity index (χ0) is 18.8. The van der Waals surface area contributed by atoms with Gasteiger partial charge in [-0.25, -0.2) is 9.48 Å². The molecular formula is C19H24ClN5O2. The molecule has 1 amide bonds. The zero-order valence-electron chi connectivity index (χ0n) is 15.3. The minimum atomic E-state index is -0.157. The van der Waals surface area contributed by atoms with Gasteiger partial charge in [0.1, 0.15) is 12.4 Å². The van der Waals surface area contributed by atoms with Gasteiger partial charge in [-0.05, 0) is 25.0 Å². The zero-order valence-corrected chi connectivity index (χ0v) is 16.1. The van der Waals surface area contributed by atoms with Crippen LogP contribution in [0.1, 0.15) is 25.1 Å². The fourth-order valence-corrected chi connectivity index (χ4v) is 4.12. The molecule has 0 aliphatic carbocycles. The van der Waals surface area contributed by atoms with Crippen LogP contribution in [-0.2, 0) is 24.3 Å². The van der Waals surface area contributed by atoms with E-state index in [1.54, 1.807) is 4.57 Å². The van der Waals surface area contributed by atoms with Crippen molar-refractivity contribution in [2.75, 3.05) is 31.1 Å². The summed E-state index contributed by atoms with van der Waals surface area (Å²) in [6.07, 6.45) is 3.98. The van der Waals surface area contributed by atoms with E-state index >= 15 is 0 Å². The number of hydrogen-bond acceptors (Lipinski definition) is 4. The highest BCUT2D eigenvalue weighted by atomic mass is 35.5. The molecule has 2 aliphatic rings. The fraction of sp³-hybridized carbons (Fsp3) is 0.526. The molecule has 8 heteroatoms. The highest BCUT2D eigenvalue weighted by molar-refractivity contribution is 6.33. The lowest BCUT2D eigenvalue weighted by Gasteiger charge is -2.36. The van der Waals surface area contributed by atoms with Gasteiger partial charge in [-0.15, -0.1) is 0 Å². The number of carbonyl (C=O) groups excluding carboxylic acids is 1. The number of nitrogens with zero attached hydrogens (tertiary/aromatic N) is 5. The average Bonchev–Trinajstić information content (AvgIpc) is 2.85. The molecule has 0 saturated carbocycles. The Bertz CT molecular complexity index is 882. The SMILES string of the molecule is O=C(Cn1nc2n(c1=O)CCCCC2)N1CCN(c2ccccc2Cl)CC1. The van der Waals surface area contributed by atoms with Crippen LogP contribution in [0.3, 0.4) is 0 Å². The number of aromatic nitrogens is 3. The summed E-state index contributed by atoms with van der Waals surface area (Å²) in [4.78, 5) is 29.2. The Hall–Kier alpha value is -2.28. The van der Waals surface area contributed by atoms with Gasteiger partial charge in [-0.2, -0.15) is 5.10 Å². The monoisotopic (exact) mass is 389 g/mol. The summed E-state index contributed by atoms with van der Waals surface area (Å²) >= 11 is 6.27. The van der Waals surface area contributed by atoms with Gasteiger partial charge in [-0.1, -0.05) is 30.2 Å². The lowest BCUT2D eigenvalue weighted by Crippen LogP contribution is -2.50. The van der Waals surface area contributed by atoms with Crippen molar-refractivity contribution in [2.24, 2.45) is 0 Å². The van der Waals surface area contributed by atoms with Crippen LogP contribution in [0.2, 0.25) is 5.02 Å². The van der Waals surface area contributed by atoms with Gasteiger partial charge in [0, 0.05) is 39.1 Å². The summed E-state index contributed by atoms with van der Waals surface area (Å²) in [5.74, 6) is 0.762. The van der Waals surface area contributed by atoms with Crippen LogP contribution < -0.4 is 10.6 Å². The standard InChI is InChI=1S/C19H24ClN5O2/c20-15-6-3-4-7-16(15)22-10-12-23(13-11-22)18(26)14-25-19(27)24-9-5-1-2-8-17(24)21-25/h3-4,6-7H,1-2,5,8-14H2. The fourth-order valence-electron chi connectivity index (χ4n) is 3.86.